The summed E-state index contributed by atoms with van der Waals surface area (Å²) in [7, 11) is 3.67. The Hall–Kier alpha value is -4.50. The zero-order chi connectivity index (χ0) is 24.8. The molecule has 6 rings (SSSR count). The number of hydrogen-bond acceptors (Lipinski definition) is 7. The molecule has 5 aromatic rings. The molecule has 2 N–H and O–H groups in total. The van der Waals surface area contributed by atoms with E-state index in [2.05, 4.69) is 31.7 Å². The number of methoxy groups -OCH3 is 1. The van der Waals surface area contributed by atoms with E-state index in [0.29, 0.717) is 12.2 Å². The predicted octanol–water partition coefficient (Wildman–Crippen LogP) is 5.48. The molecule has 0 aliphatic carbocycles. The van der Waals surface area contributed by atoms with Crippen molar-refractivity contribution in [3.63, 3.8) is 0 Å². The molecule has 2 aromatic carbocycles. The summed E-state index contributed by atoms with van der Waals surface area (Å²) >= 11 is 1.66. The van der Waals surface area contributed by atoms with Gasteiger partial charge >= 0.3 is 0 Å². The first-order valence-electron chi connectivity index (χ1n) is 11.3. The standard InChI is InChI=1S/C27H22N6O2S/c1-4-20(34)31-17-9-5-15(6-10-17)23-21-22-25(29-14-30-26(22)33(23)2)28-13-19-24(21)36-27(32-19)16-7-11-18(35-3)12-8-16/h4-12,14H,1,13H2,2-3H3,(H,31,34)(H,28,29,30). The SMILES string of the molecule is C=CC(=O)Nc1ccc(-c2c3c4c(ncnc4n2C)NCc2nc(-c4ccc(OC)cc4)sc2-3)cc1. The lowest BCUT2D eigenvalue weighted by Crippen LogP contribution is -2.06. The van der Waals surface area contributed by atoms with Gasteiger partial charge in [0.1, 0.15) is 28.5 Å². The number of thiazole rings is 1. The molecule has 0 atom stereocenters. The number of carbonyl (C=O) groups is 1. The van der Waals surface area contributed by atoms with Crippen LogP contribution in [-0.2, 0) is 18.4 Å². The van der Waals surface area contributed by atoms with Gasteiger partial charge in [-0.05, 0) is 48.0 Å². The van der Waals surface area contributed by atoms with E-state index in [4.69, 9.17) is 9.72 Å². The van der Waals surface area contributed by atoms with Crippen LogP contribution in [-0.4, -0.2) is 32.5 Å². The Balaban J connectivity index is 1.54. The van der Waals surface area contributed by atoms with Crippen molar-refractivity contribution in [1.82, 2.24) is 19.5 Å². The molecule has 0 saturated carbocycles. The summed E-state index contributed by atoms with van der Waals surface area (Å²) in [4.78, 5) is 27.0. The van der Waals surface area contributed by atoms with Crippen LogP contribution in [0.25, 0.3) is 43.3 Å². The molecule has 36 heavy (non-hydrogen) atoms. The van der Waals surface area contributed by atoms with Gasteiger partial charge in [0.2, 0.25) is 5.91 Å². The summed E-state index contributed by atoms with van der Waals surface area (Å²) < 4.78 is 7.41. The van der Waals surface area contributed by atoms with Crippen molar-refractivity contribution < 1.29 is 9.53 Å². The van der Waals surface area contributed by atoms with Gasteiger partial charge in [0.15, 0.2) is 0 Å². The molecule has 4 heterocycles. The van der Waals surface area contributed by atoms with Crippen LogP contribution in [0.5, 0.6) is 5.75 Å². The monoisotopic (exact) mass is 494 g/mol. The molecule has 1 amide bonds. The normalized spacial score (nSPS) is 11.9. The second-order valence-electron chi connectivity index (χ2n) is 8.35. The molecule has 0 spiro atoms. The van der Waals surface area contributed by atoms with Gasteiger partial charge in [-0.15, -0.1) is 11.3 Å². The van der Waals surface area contributed by atoms with E-state index in [-0.39, 0.29) is 5.91 Å². The quantitative estimate of drug-likeness (QED) is 0.314. The summed E-state index contributed by atoms with van der Waals surface area (Å²) in [6.45, 7) is 4.08. The summed E-state index contributed by atoms with van der Waals surface area (Å²) in [6.07, 6.45) is 2.84. The Labute approximate surface area is 211 Å². The van der Waals surface area contributed by atoms with E-state index in [9.17, 15) is 4.79 Å². The van der Waals surface area contributed by atoms with Crippen molar-refractivity contribution >= 4 is 39.8 Å². The van der Waals surface area contributed by atoms with Crippen LogP contribution in [0.15, 0.2) is 67.5 Å². The van der Waals surface area contributed by atoms with Gasteiger partial charge in [-0.1, -0.05) is 18.7 Å². The maximum atomic E-state index is 11.7. The lowest BCUT2D eigenvalue weighted by molar-refractivity contribution is -0.111. The maximum Gasteiger partial charge on any atom is 0.247 e. The number of aryl methyl sites for hydroxylation is 1. The Morgan fingerprint density at radius 3 is 2.61 bits per heavy atom. The molecule has 0 saturated heterocycles. The molecule has 3 aromatic heterocycles. The first kappa shape index (κ1) is 22.0. The van der Waals surface area contributed by atoms with Gasteiger partial charge in [-0.3, -0.25) is 4.79 Å². The van der Waals surface area contributed by atoms with Gasteiger partial charge in [-0.25, -0.2) is 15.0 Å². The molecule has 0 unspecified atom stereocenters. The molecule has 0 bridgehead atoms. The average molecular weight is 495 g/mol. The fraction of sp³-hybridized carbons (Fsp3) is 0.111. The zero-order valence-electron chi connectivity index (χ0n) is 19.7. The number of aromatic nitrogens is 4. The van der Waals surface area contributed by atoms with E-state index in [1.54, 1.807) is 24.8 Å². The molecule has 0 radical (unpaired) electrons. The highest BCUT2D eigenvalue weighted by Gasteiger charge is 2.29. The number of hydrogen-bond donors (Lipinski definition) is 2. The number of anilines is 2. The van der Waals surface area contributed by atoms with Crippen LogP contribution in [0.3, 0.4) is 0 Å². The smallest absolute Gasteiger partial charge is 0.247 e. The Morgan fingerprint density at radius 1 is 1.14 bits per heavy atom. The van der Waals surface area contributed by atoms with E-state index in [1.807, 2.05) is 55.6 Å². The first-order valence-corrected chi connectivity index (χ1v) is 12.1. The molecular weight excluding hydrogens is 472 g/mol. The van der Waals surface area contributed by atoms with Crippen molar-refractivity contribution in [3.05, 3.63) is 73.2 Å². The van der Waals surface area contributed by atoms with Gasteiger partial charge in [0.25, 0.3) is 0 Å². The average Bonchev–Trinajstić information content (AvgIpc) is 3.42. The third-order valence-electron chi connectivity index (χ3n) is 6.26. The third-order valence-corrected chi connectivity index (χ3v) is 7.43. The Bertz CT molecular complexity index is 1630. The zero-order valence-corrected chi connectivity index (χ0v) is 20.5. The number of carbonyl (C=O) groups excluding carboxylic acids is 1. The molecule has 9 heteroatoms. The highest BCUT2D eigenvalue weighted by atomic mass is 32.1. The number of nitrogens with one attached hydrogen (secondary N) is 2. The topological polar surface area (TPSA) is 94.0 Å². The fourth-order valence-electron chi connectivity index (χ4n) is 4.54. The van der Waals surface area contributed by atoms with Crippen LogP contribution in [0.4, 0.5) is 11.5 Å². The summed E-state index contributed by atoms with van der Waals surface area (Å²) in [5, 5.41) is 8.18. The number of amides is 1. The minimum Gasteiger partial charge on any atom is -0.497 e. The van der Waals surface area contributed by atoms with Gasteiger partial charge in [0.05, 0.1) is 35.3 Å². The van der Waals surface area contributed by atoms with Crippen molar-refractivity contribution in [3.8, 4) is 38.0 Å². The van der Waals surface area contributed by atoms with Crippen LogP contribution in [0, 0.1) is 0 Å². The Morgan fingerprint density at radius 2 is 1.89 bits per heavy atom. The Kier molecular flexibility index (Phi) is 5.26. The third kappa shape index (κ3) is 3.52. The maximum absolute atomic E-state index is 11.7. The minimum absolute atomic E-state index is 0.245. The van der Waals surface area contributed by atoms with E-state index in [0.717, 1.165) is 60.6 Å². The van der Waals surface area contributed by atoms with Crippen LogP contribution in [0.2, 0.25) is 0 Å². The van der Waals surface area contributed by atoms with Crippen LogP contribution in [0.1, 0.15) is 5.69 Å². The lowest BCUT2D eigenvalue weighted by atomic mass is 10.0. The van der Waals surface area contributed by atoms with E-state index < -0.39 is 0 Å². The van der Waals surface area contributed by atoms with Crippen molar-refractivity contribution in [2.45, 2.75) is 6.54 Å². The molecular formula is C27H22N6O2S. The van der Waals surface area contributed by atoms with Gasteiger partial charge in [-0.2, -0.15) is 0 Å². The number of benzene rings is 2. The molecule has 8 nitrogen and oxygen atoms in total. The summed E-state index contributed by atoms with van der Waals surface area (Å²) in [6, 6.07) is 15.7. The second kappa shape index (κ2) is 8.62. The fourth-order valence-corrected chi connectivity index (χ4v) is 5.68. The molecule has 1 aliphatic heterocycles. The van der Waals surface area contributed by atoms with Gasteiger partial charge in [0, 0.05) is 23.9 Å². The number of rotatable bonds is 5. The predicted molar refractivity (Wildman–Crippen MR) is 143 cm³/mol. The van der Waals surface area contributed by atoms with E-state index >= 15 is 0 Å². The number of ether oxygens (including phenoxy) is 1. The lowest BCUT2D eigenvalue weighted by Gasteiger charge is -2.09. The van der Waals surface area contributed by atoms with Crippen molar-refractivity contribution in [1.29, 1.82) is 0 Å². The number of nitrogens with zero attached hydrogens (tertiary/aromatic N) is 4. The first-order chi connectivity index (χ1) is 17.6. The molecule has 178 valence electrons. The highest BCUT2D eigenvalue weighted by Crippen LogP contribution is 2.48. The molecule has 1 aliphatic rings. The van der Waals surface area contributed by atoms with Gasteiger partial charge < -0.3 is 19.9 Å². The summed E-state index contributed by atoms with van der Waals surface area (Å²) in [5.41, 5.74) is 6.62. The highest BCUT2D eigenvalue weighted by molar-refractivity contribution is 7.18. The summed E-state index contributed by atoms with van der Waals surface area (Å²) in [5.74, 6) is 1.36. The second-order valence-corrected chi connectivity index (χ2v) is 9.35. The molecule has 0 fully saturated rings. The number of fused-ring (bicyclic) bond motifs is 2. The van der Waals surface area contributed by atoms with Crippen LogP contribution >= 0.6 is 11.3 Å². The van der Waals surface area contributed by atoms with Crippen LogP contribution < -0.4 is 15.4 Å². The van der Waals surface area contributed by atoms with Crippen molar-refractivity contribution in [2.24, 2.45) is 7.05 Å². The van der Waals surface area contributed by atoms with E-state index in [1.165, 1.54) is 6.08 Å². The minimum atomic E-state index is -0.245. The van der Waals surface area contributed by atoms with Crippen molar-refractivity contribution in [2.75, 3.05) is 17.7 Å². The largest absolute Gasteiger partial charge is 0.497 e.